The second-order valence-corrected chi connectivity index (χ2v) is 5.44. The van der Waals surface area contributed by atoms with E-state index in [4.69, 9.17) is 4.74 Å². The van der Waals surface area contributed by atoms with Crippen molar-refractivity contribution >= 4 is 0 Å². The van der Waals surface area contributed by atoms with Crippen molar-refractivity contribution in [3.63, 3.8) is 0 Å². The molecule has 3 aromatic rings. The molecule has 1 aliphatic heterocycles. The molecule has 0 saturated heterocycles. The number of hydrogen-bond acceptors (Lipinski definition) is 3. The van der Waals surface area contributed by atoms with Gasteiger partial charge in [0.15, 0.2) is 5.82 Å². The summed E-state index contributed by atoms with van der Waals surface area (Å²) in [5, 5.41) is 8.47. The Kier molecular flexibility index (Phi) is 4.76. The summed E-state index contributed by atoms with van der Waals surface area (Å²) in [5.74, 6) is 2.87. The number of rotatable bonds is 4. The number of hydrogen-bond donors (Lipinski definition) is 0. The highest BCUT2D eigenvalue weighted by atomic mass is 79.9. The van der Waals surface area contributed by atoms with E-state index in [-0.39, 0.29) is 17.0 Å². The van der Waals surface area contributed by atoms with Gasteiger partial charge in [0, 0.05) is 18.5 Å². The van der Waals surface area contributed by atoms with Crippen LogP contribution in [0.2, 0.25) is 0 Å². The van der Waals surface area contributed by atoms with Gasteiger partial charge >= 0.3 is 0 Å². The average Bonchev–Trinajstić information content (AvgIpc) is 3.18. The molecule has 0 unspecified atom stereocenters. The summed E-state index contributed by atoms with van der Waals surface area (Å²) in [6.07, 6.45) is 2.17. The van der Waals surface area contributed by atoms with Crippen LogP contribution in [0.3, 0.4) is 0 Å². The van der Waals surface area contributed by atoms with Crippen molar-refractivity contribution in [2.24, 2.45) is 0 Å². The number of para-hydroxylation sites is 1. The van der Waals surface area contributed by atoms with Crippen molar-refractivity contribution in [1.29, 1.82) is 0 Å². The molecule has 0 saturated carbocycles. The molecule has 2 aromatic carbocycles. The van der Waals surface area contributed by atoms with Crippen molar-refractivity contribution in [2.45, 2.75) is 26.0 Å². The van der Waals surface area contributed by atoms with E-state index in [0.717, 1.165) is 47.9 Å². The van der Waals surface area contributed by atoms with Gasteiger partial charge in [-0.05, 0) is 18.1 Å². The molecule has 1 aliphatic rings. The van der Waals surface area contributed by atoms with Gasteiger partial charge in [0.2, 0.25) is 0 Å². The van der Waals surface area contributed by atoms with Gasteiger partial charge in [0.25, 0.3) is 0 Å². The van der Waals surface area contributed by atoms with Gasteiger partial charge in [-0.25, -0.2) is 0 Å². The van der Waals surface area contributed by atoms with Gasteiger partial charge in [0.05, 0.1) is 0 Å². The van der Waals surface area contributed by atoms with Crippen molar-refractivity contribution in [3.8, 4) is 16.9 Å². The second kappa shape index (κ2) is 6.96. The van der Waals surface area contributed by atoms with E-state index in [2.05, 4.69) is 33.0 Å². The third-order valence-corrected chi connectivity index (χ3v) is 4.01. The fraction of sp³-hybridized carbons (Fsp3) is 0.222. The van der Waals surface area contributed by atoms with Gasteiger partial charge in [0.1, 0.15) is 18.2 Å². The van der Waals surface area contributed by atoms with Gasteiger partial charge in [-0.2, -0.15) is 0 Å². The molecule has 2 heterocycles. The van der Waals surface area contributed by atoms with Crippen LogP contribution in [0.25, 0.3) is 11.1 Å². The van der Waals surface area contributed by atoms with E-state index in [1.165, 1.54) is 0 Å². The van der Waals surface area contributed by atoms with Gasteiger partial charge in [-0.1, -0.05) is 48.5 Å². The molecular formula is C18H17BrN3O-. The lowest BCUT2D eigenvalue weighted by Crippen LogP contribution is -3.00. The number of aromatic nitrogens is 3. The van der Waals surface area contributed by atoms with Crippen LogP contribution >= 0.6 is 0 Å². The minimum Gasteiger partial charge on any atom is -1.00 e. The third-order valence-electron chi connectivity index (χ3n) is 4.01. The molecule has 0 atom stereocenters. The molecule has 0 N–H and O–H groups in total. The topological polar surface area (TPSA) is 39.9 Å². The fourth-order valence-electron chi connectivity index (χ4n) is 2.91. The minimum absolute atomic E-state index is 0. The van der Waals surface area contributed by atoms with E-state index in [1.807, 2.05) is 36.4 Å². The van der Waals surface area contributed by atoms with E-state index in [9.17, 15) is 0 Å². The van der Waals surface area contributed by atoms with Crippen LogP contribution in [0.1, 0.15) is 18.1 Å². The largest absolute Gasteiger partial charge is 1.00 e. The van der Waals surface area contributed by atoms with E-state index >= 15 is 0 Å². The van der Waals surface area contributed by atoms with Crippen LogP contribution < -0.4 is 21.7 Å². The van der Waals surface area contributed by atoms with Crippen LogP contribution in [-0.2, 0) is 19.6 Å². The summed E-state index contributed by atoms with van der Waals surface area (Å²) >= 11 is 0. The molecule has 118 valence electrons. The Morgan fingerprint density at radius 1 is 0.957 bits per heavy atom. The van der Waals surface area contributed by atoms with Crippen molar-refractivity contribution in [1.82, 2.24) is 14.8 Å². The van der Waals surface area contributed by atoms with Crippen LogP contribution in [-0.4, -0.2) is 14.8 Å². The SMILES string of the molecule is [Br-].c1ccc(-c2ccccc2OCc2nnc3n2CCC3)cc1. The average molecular weight is 371 g/mol. The zero-order valence-corrected chi connectivity index (χ0v) is 14.2. The molecule has 0 amide bonds. The zero-order chi connectivity index (χ0) is 14.8. The molecule has 23 heavy (non-hydrogen) atoms. The Morgan fingerprint density at radius 2 is 1.74 bits per heavy atom. The molecule has 0 radical (unpaired) electrons. The van der Waals surface area contributed by atoms with Crippen LogP contribution in [0.15, 0.2) is 54.6 Å². The van der Waals surface area contributed by atoms with Crippen molar-refractivity contribution in [2.75, 3.05) is 0 Å². The number of fused-ring (bicyclic) bond motifs is 1. The van der Waals surface area contributed by atoms with E-state index in [0.29, 0.717) is 6.61 Å². The summed E-state index contributed by atoms with van der Waals surface area (Å²) < 4.78 is 8.21. The molecule has 4 nitrogen and oxygen atoms in total. The quantitative estimate of drug-likeness (QED) is 0.670. The molecule has 1 aromatic heterocycles. The summed E-state index contributed by atoms with van der Waals surface area (Å²) in [7, 11) is 0. The van der Waals surface area contributed by atoms with Crippen LogP contribution in [0.4, 0.5) is 0 Å². The molecule has 0 fully saturated rings. The highest BCUT2D eigenvalue weighted by molar-refractivity contribution is 5.70. The summed E-state index contributed by atoms with van der Waals surface area (Å²) in [6.45, 7) is 1.46. The zero-order valence-electron chi connectivity index (χ0n) is 12.7. The first-order chi connectivity index (χ1) is 10.9. The fourth-order valence-corrected chi connectivity index (χ4v) is 2.91. The normalized spacial score (nSPS) is 12.5. The predicted molar refractivity (Wildman–Crippen MR) is 84.6 cm³/mol. The Balaban J connectivity index is 0.00000156. The molecule has 0 bridgehead atoms. The van der Waals surface area contributed by atoms with Crippen molar-refractivity contribution < 1.29 is 21.7 Å². The molecular weight excluding hydrogens is 354 g/mol. The lowest BCUT2D eigenvalue weighted by atomic mass is 10.1. The summed E-state index contributed by atoms with van der Waals surface area (Å²) in [5.41, 5.74) is 2.26. The summed E-state index contributed by atoms with van der Waals surface area (Å²) in [4.78, 5) is 0. The Morgan fingerprint density at radius 3 is 2.61 bits per heavy atom. The number of nitrogens with zero attached hydrogens (tertiary/aromatic N) is 3. The van der Waals surface area contributed by atoms with Gasteiger partial charge in [-0.3, -0.25) is 0 Å². The number of aryl methyl sites for hydroxylation is 1. The van der Waals surface area contributed by atoms with E-state index in [1.54, 1.807) is 0 Å². The summed E-state index contributed by atoms with van der Waals surface area (Å²) in [6, 6.07) is 18.4. The van der Waals surface area contributed by atoms with Crippen LogP contribution in [0, 0.1) is 0 Å². The van der Waals surface area contributed by atoms with Gasteiger partial charge < -0.3 is 26.3 Å². The first kappa shape index (κ1) is 15.7. The maximum Gasteiger partial charge on any atom is 0.171 e. The maximum absolute atomic E-state index is 6.04. The molecule has 0 aliphatic carbocycles. The Bertz CT molecular complexity index is 786. The standard InChI is InChI=1S/C18H17N3O.BrH/c1-2-7-14(8-3-1)15-9-4-5-10-16(15)22-13-18-20-19-17-11-6-12-21(17)18;/h1-5,7-10H,6,11-13H2;1H/p-1. The highest BCUT2D eigenvalue weighted by Crippen LogP contribution is 2.30. The highest BCUT2D eigenvalue weighted by Gasteiger charge is 2.17. The molecule has 5 heteroatoms. The minimum atomic E-state index is 0. The first-order valence-electron chi connectivity index (χ1n) is 7.60. The molecule has 4 rings (SSSR count). The third kappa shape index (κ3) is 3.15. The van der Waals surface area contributed by atoms with Gasteiger partial charge in [-0.15, -0.1) is 10.2 Å². The lowest BCUT2D eigenvalue weighted by molar-refractivity contribution is -0.00000484. The Hall–Kier alpha value is -2.14. The monoisotopic (exact) mass is 370 g/mol. The van der Waals surface area contributed by atoms with E-state index < -0.39 is 0 Å². The number of ether oxygens (including phenoxy) is 1. The maximum atomic E-state index is 6.04. The molecule has 0 spiro atoms. The number of benzene rings is 2. The van der Waals surface area contributed by atoms with Crippen molar-refractivity contribution in [3.05, 3.63) is 66.2 Å². The second-order valence-electron chi connectivity index (χ2n) is 5.44. The number of halogens is 1. The predicted octanol–water partition coefficient (Wildman–Crippen LogP) is 0.474. The van der Waals surface area contributed by atoms with Crippen LogP contribution in [0.5, 0.6) is 5.75 Å². The first-order valence-corrected chi connectivity index (χ1v) is 7.60. The Labute approximate surface area is 145 Å². The smallest absolute Gasteiger partial charge is 0.171 e. The lowest BCUT2D eigenvalue weighted by Gasteiger charge is -2.11.